The minimum Gasteiger partial charge on any atom is -0.507 e. The third-order valence-electron chi connectivity index (χ3n) is 4.07. The largest absolute Gasteiger partial charge is 0.507 e. The van der Waals surface area contributed by atoms with Gasteiger partial charge in [-0.15, -0.1) is 0 Å². The summed E-state index contributed by atoms with van der Waals surface area (Å²) in [5.41, 5.74) is 5.46. The third-order valence-corrected chi connectivity index (χ3v) is 4.07. The monoisotopic (exact) mass is 278 g/mol. The molecule has 0 radical (unpaired) electrons. The van der Waals surface area contributed by atoms with Gasteiger partial charge in [0.15, 0.2) is 5.78 Å². The Hall–Kier alpha value is -2.35. The maximum absolute atomic E-state index is 12.5. The number of phenols is 1. The van der Waals surface area contributed by atoms with Crippen LogP contribution in [0.1, 0.15) is 39.0 Å². The Morgan fingerprint density at radius 2 is 1.71 bits per heavy atom. The quantitative estimate of drug-likeness (QED) is 0.793. The van der Waals surface area contributed by atoms with Gasteiger partial charge in [0.05, 0.1) is 0 Å². The number of hydrogen-bond acceptors (Lipinski definition) is 2. The first kappa shape index (κ1) is 13.6. The molecule has 0 bridgehead atoms. The minimum atomic E-state index is 0.125. The normalized spacial score (nSPS) is 16.1. The van der Waals surface area contributed by atoms with Crippen LogP contribution < -0.4 is 0 Å². The number of rotatable bonds is 1. The van der Waals surface area contributed by atoms with Crippen molar-refractivity contribution in [1.29, 1.82) is 0 Å². The number of fused-ring (bicyclic) bond motifs is 1. The van der Waals surface area contributed by atoms with Crippen LogP contribution in [0.5, 0.6) is 5.75 Å². The fourth-order valence-electron chi connectivity index (χ4n) is 2.93. The van der Waals surface area contributed by atoms with E-state index in [1.165, 1.54) is 0 Å². The van der Waals surface area contributed by atoms with Crippen molar-refractivity contribution in [3.8, 4) is 5.75 Å². The number of benzene rings is 2. The molecule has 2 heteroatoms. The van der Waals surface area contributed by atoms with E-state index in [-0.39, 0.29) is 5.78 Å². The molecule has 1 N–H and O–H groups in total. The summed E-state index contributed by atoms with van der Waals surface area (Å²) in [6.45, 7) is 3.75. The van der Waals surface area contributed by atoms with Crippen molar-refractivity contribution in [2.24, 2.45) is 0 Å². The summed E-state index contributed by atoms with van der Waals surface area (Å²) in [5, 5.41) is 9.83. The van der Waals surface area contributed by atoms with Crippen LogP contribution in [-0.2, 0) is 6.42 Å². The molecule has 2 nitrogen and oxygen atoms in total. The molecule has 2 aromatic carbocycles. The van der Waals surface area contributed by atoms with E-state index in [1.54, 1.807) is 0 Å². The molecule has 0 amide bonds. The van der Waals surface area contributed by atoms with Crippen molar-refractivity contribution in [2.75, 3.05) is 0 Å². The molecule has 0 unspecified atom stereocenters. The molecule has 2 aromatic rings. The fraction of sp³-hybridized carbons (Fsp3) is 0.211. The van der Waals surface area contributed by atoms with Crippen molar-refractivity contribution in [3.05, 3.63) is 69.8 Å². The van der Waals surface area contributed by atoms with Crippen LogP contribution in [0.2, 0.25) is 0 Å². The number of carbonyl (C=O) groups excluding carboxylic acids is 1. The van der Waals surface area contributed by atoms with E-state index in [9.17, 15) is 9.90 Å². The average molecular weight is 278 g/mol. The number of aromatic hydroxyl groups is 1. The Labute approximate surface area is 124 Å². The Kier molecular flexibility index (Phi) is 3.38. The summed E-state index contributed by atoms with van der Waals surface area (Å²) >= 11 is 0. The summed E-state index contributed by atoms with van der Waals surface area (Å²) < 4.78 is 0. The second kappa shape index (κ2) is 5.21. The third kappa shape index (κ3) is 2.49. The maximum atomic E-state index is 12.5. The Morgan fingerprint density at radius 3 is 2.43 bits per heavy atom. The molecule has 0 heterocycles. The van der Waals surface area contributed by atoms with Gasteiger partial charge in [0, 0.05) is 11.1 Å². The highest BCUT2D eigenvalue weighted by atomic mass is 16.3. The lowest BCUT2D eigenvalue weighted by molar-refractivity contribution is 0.102. The summed E-state index contributed by atoms with van der Waals surface area (Å²) in [7, 11) is 0. The number of aryl methyl sites for hydroxylation is 3. The van der Waals surface area contributed by atoms with Gasteiger partial charge in [0.1, 0.15) is 5.75 Å². The van der Waals surface area contributed by atoms with Gasteiger partial charge < -0.3 is 5.11 Å². The molecular weight excluding hydrogens is 260 g/mol. The van der Waals surface area contributed by atoms with Crippen LogP contribution in [-0.4, -0.2) is 10.9 Å². The Bertz CT molecular complexity index is 731. The molecule has 0 saturated heterocycles. The molecule has 0 aromatic heterocycles. The summed E-state index contributed by atoms with van der Waals surface area (Å²) in [6.07, 6.45) is 3.64. The molecule has 0 saturated carbocycles. The second-order valence-corrected chi connectivity index (χ2v) is 5.66. The van der Waals surface area contributed by atoms with E-state index in [4.69, 9.17) is 0 Å². The highest BCUT2D eigenvalue weighted by Gasteiger charge is 2.21. The topological polar surface area (TPSA) is 37.3 Å². The van der Waals surface area contributed by atoms with Crippen molar-refractivity contribution in [1.82, 2.24) is 0 Å². The number of Topliss-reactive ketones (excluding diaryl/α,β-unsaturated/α-hetero) is 1. The second-order valence-electron chi connectivity index (χ2n) is 5.66. The van der Waals surface area contributed by atoms with Gasteiger partial charge in [0.2, 0.25) is 0 Å². The molecule has 0 atom stereocenters. The number of phenolic OH excluding ortho intramolecular Hbond substituents is 1. The Balaban J connectivity index is 2.00. The van der Waals surface area contributed by atoms with Crippen LogP contribution >= 0.6 is 0 Å². The lowest BCUT2D eigenvalue weighted by atomic mass is 9.86. The number of carbonyl (C=O) groups is 1. The van der Waals surface area contributed by atoms with E-state index in [2.05, 4.69) is 0 Å². The zero-order chi connectivity index (χ0) is 15.0. The molecular formula is C19H18O2. The molecule has 106 valence electrons. The zero-order valence-corrected chi connectivity index (χ0v) is 12.3. The van der Waals surface area contributed by atoms with Gasteiger partial charge in [-0.25, -0.2) is 0 Å². The van der Waals surface area contributed by atoms with Crippen molar-refractivity contribution in [3.63, 3.8) is 0 Å². The van der Waals surface area contributed by atoms with Gasteiger partial charge in [-0.3, -0.25) is 4.79 Å². The first-order valence-corrected chi connectivity index (χ1v) is 7.19. The summed E-state index contributed by atoms with van der Waals surface area (Å²) in [4.78, 5) is 12.5. The van der Waals surface area contributed by atoms with E-state index in [0.29, 0.717) is 5.75 Å². The van der Waals surface area contributed by atoms with E-state index in [0.717, 1.165) is 46.2 Å². The molecule has 0 aliphatic heterocycles. The van der Waals surface area contributed by atoms with Gasteiger partial charge in [-0.2, -0.15) is 0 Å². The SMILES string of the molecule is Cc1cc(C=C2CCc3ccccc3C2=O)cc(C)c1O. The Morgan fingerprint density at radius 1 is 1.05 bits per heavy atom. The highest BCUT2D eigenvalue weighted by Crippen LogP contribution is 2.28. The van der Waals surface area contributed by atoms with Crippen molar-refractivity contribution in [2.45, 2.75) is 26.7 Å². The van der Waals surface area contributed by atoms with Crippen LogP contribution in [0.3, 0.4) is 0 Å². The lowest BCUT2D eigenvalue weighted by Crippen LogP contribution is -2.13. The van der Waals surface area contributed by atoms with Crippen LogP contribution in [0.15, 0.2) is 42.0 Å². The predicted molar refractivity (Wildman–Crippen MR) is 84.7 cm³/mol. The molecule has 1 aliphatic carbocycles. The molecule has 3 rings (SSSR count). The minimum absolute atomic E-state index is 0.125. The van der Waals surface area contributed by atoms with Gasteiger partial charge in [0.25, 0.3) is 0 Å². The lowest BCUT2D eigenvalue weighted by Gasteiger charge is -2.17. The molecule has 21 heavy (non-hydrogen) atoms. The molecule has 1 aliphatic rings. The number of ketones is 1. The predicted octanol–water partition coefficient (Wildman–Crippen LogP) is 4.22. The maximum Gasteiger partial charge on any atom is 0.189 e. The molecule has 0 spiro atoms. The fourth-order valence-corrected chi connectivity index (χ4v) is 2.93. The molecule has 0 fully saturated rings. The van der Waals surface area contributed by atoms with E-state index < -0.39 is 0 Å². The standard InChI is InChI=1S/C19H18O2/c1-12-9-14(10-13(2)18(12)20)11-16-8-7-15-5-3-4-6-17(15)19(16)21/h3-6,9-11,20H,7-8H2,1-2H3. The van der Waals surface area contributed by atoms with Crippen LogP contribution in [0.25, 0.3) is 6.08 Å². The smallest absolute Gasteiger partial charge is 0.189 e. The average Bonchev–Trinajstić information content (AvgIpc) is 2.48. The zero-order valence-electron chi connectivity index (χ0n) is 12.3. The van der Waals surface area contributed by atoms with E-state index in [1.807, 2.05) is 56.3 Å². The van der Waals surface area contributed by atoms with Crippen molar-refractivity contribution >= 4 is 11.9 Å². The van der Waals surface area contributed by atoms with Gasteiger partial charge in [-0.05, 0) is 67.2 Å². The first-order valence-electron chi connectivity index (χ1n) is 7.19. The van der Waals surface area contributed by atoms with Crippen molar-refractivity contribution < 1.29 is 9.90 Å². The number of hydrogen-bond donors (Lipinski definition) is 1. The highest BCUT2D eigenvalue weighted by molar-refractivity contribution is 6.13. The van der Waals surface area contributed by atoms with Gasteiger partial charge in [-0.1, -0.05) is 24.3 Å². The first-order chi connectivity index (χ1) is 10.1. The summed E-state index contributed by atoms with van der Waals surface area (Å²) in [5.74, 6) is 0.456. The van der Waals surface area contributed by atoms with Gasteiger partial charge >= 0.3 is 0 Å². The van der Waals surface area contributed by atoms with E-state index >= 15 is 0 Å². The van der Waals surface area contributed by atoms with Crippen LogP contribution in [0.4, 0.5) is 0 Å². The number of allylic oxidation sites excluding steroid dienone is 1. The van der Waals surface area contributed by atoms with Crippen LogP contribution in [0, 0.1) is 13.8 Å². The summed E-state index contributed by atoms with van der Waals surface area (Å²) in [6, 6.07) is 11.7.